The Morgan fingerprint density at radius 1 is 0.960 bits per heavy atom. The van der Waals surface area contributed by atoms with E-state index in [4.69, 9.17) is 4.15 Å². The van der Waals surface area contributed by atoms with Crippen LogP contribution in [0.3, 0.4) is 0 Å². The molecule has 0 N–H and O–H groups in total. The summed E-state index contributed by atoms with van der Waals surface area (Å²) in [6, 6.07) is 21.4. The van der Waals surface area contributed by atoms with Crippen molar-refractivity contribution in [2.24, 2.45) is 4.15 Å². The first-order chi connectivity index (χ1) is 12.0. The highest BCUT2D eigenvalue weighted by Gasteiger charge is 2.29. The van der Waals surface area contributed by atoms with E-state index < -0.39 is 17.3 Å². The number of hydrogen-bond donors (Lipinski definition) is 0. The van der Waals surface area contributed by atoms with Crippen LogP contribution in [0.15, 0.2) is 102 Å². The number of hydrogen-bond acceptors (Lipinski definition) is 1. The smallest absolute Gasteiger partial charge is 0.0669 e. The summed E-state index contributed by atoms with van der Waals surface area (Å²) >= 11 is 0. The van der Waals surface area contributed by atoms with E-state index in [2.05, 4.69) is 99.3 Å². The van der Waals surface area contributed by atoms with Crippen LogP contribution in [0.2, 0.25) is 0 Å². The summed E-state index contributed by atoms with van der Waals surface area (Å²) in [7, 11) is -3.23. The van der Waals surface area contributed by atoms with Gasteiger partial charge in [0, 0.05) is 15.9 Å². The second-order valence-electron chi connectivity index (χ2n) is 6.19. The normalized spacial score (nSPS) is 13.2. The van der Waals surface area contributed by atoms with Crippen molar-refractivity contribution in [2.45, 2.75) is 6.92 Å². The van der Waals surface area contributed by atoms with Crippen LogP contribution in [-0.4, -0.2) is 18.3 Å². The molecule has 0 radical (unpaired) electrons. The van der Waals surface area contributed by atoms with Crippen LogP contribution < -0.4 is 10.6 Å². The Morgan fingerprint density at radius 2 is 1.44 bits per heavy atom. The van der Waals surface area contributed by atoms with Gasteiger partial charge in [-0.05, 0) is 18.3 Å². The molecule has 0 aliphatic carbocycles. The van der Waals surface area contributed by atoms with Gasteiger partial charge in [0.05, 0.1) is 7.05 Å². The van der Waals surface area contributed by atoms with Gasteiger partial charge in [0.1, 0.15) is 0 Å². The first-order valence-corrected chi connectivity index (χ1v) is 12.7. The van der Waals surface area contributed by atoms with Crippen molar-refractivity contribution in [3.05, 3.63) is 97.4 Å². The van der Waals surface area contributed by atoms with Gasteiger partial charge in [-0.2, -0.15) is 10.2 Å². The highest BCUT2D eigenvalue weighted by Crippen LogP contribution is 2.63. The lowest BCUT2D eigenvalue weighted by Gasteiger charge is -2.35. The Hall–Kier alpha value is -1.76. The maximum Gasteiger partial charge on any atom is 0.0669 e. The van der Waals surface area contributed by atoms with E-state index in [9.17, 15) is 0 Å². The monoisotopic (exact) mass is 369 g/mol. The van der Waals surface area contributed by atoms with Gasteiger partial charge in [0.2, 0.25) is 0 Å². The summed E-state index contributed by atoms with van der Waals surface area (Å²) < 4.78 is 5.60. The lowest BCUT2D eigenvalue weighted by atomic mass is 10.4. The average molecular weight is 370 g/mol. The molecule has 0 saturated heterocycles. The molecule has 0 amide bonds. The minimum absolute atomic E-state index is 1.06. The van der Waals surface area contributed by atoms with Gasteiger partial charge < -0.3 is 0 Å². The van der Waals surface area contributed by atoms with Gasteiger partial charge in [-0.3, -0.25) is 0 Å². The minimum atomic E-state index is -2.13. The van der Waals surface area contributed by atoms with Crippen LogP contribution in [0.25, 0.3) is 0 Å². The lowest BCUT2D eigenvalue weighted by molar-refractivity contribution is 1.48. The molecule has 0 aliphatic heterocycles. The molecule has 0 heterocycles. The molecule has 0 aliphatic rings. The van der Waals surface area contributed by atoms with Crippen molar-refractivity contribution in [3.8, 4) is 0 Å². The fourth-order valence-electron chi connectivity index (χ4n) is 2.69. The maximum absolute atomic E-state index is 5.60. The van der Waals surface area contributed by atoms with E-state index in [1.807, 2.05) is 12.2 Å². The molecule has 0 fully saturated rings. The Bertz CT molecular complexity index is 761. The van der Waals surface area contributed by atoms with Gasteiger partial charge in [0.25, 0.3) is 0 Å². The summed E-state index contributed by atoms with van der Waals surface area (Å²) in [5.74, 6) is 1.06. The van der Waals surface area contributed by atoms with Crippen molar-refractivity contribution >= 4 is 27.9 Å². The van der Waals surface area contributed by atoms with Gasteiger partial charge in [-0.15, -0.1) is 0 Å². The number of rotatable bonds is 7. The average Bonchev–Trinajstić information content (AvgIpc) is 2.66. The zero-order valence-electron chi connectivity index (χ0n) is 15.4. The molecule has 0 saturated carbocycles. The third-order valence-electron chi connectivity index (χ3n) is 4.18. The van der Waals surface area contributed by atoms with Crippen LogP contribution >= 0.6 is 17.3 Å². The Kier molecular flexibility index (Phi) is 6.70. The maximum atomic E-state index is 5.60. The van der Waals surface area contributed by atoms with Crippen LogP contribution in [0, 0.1) is 0 Å². The molecule has 25 heavy (non-hydrogen) atoms. The third kappa shape index (κ3) is 4.26. The second-order valence-corrected chi connectivity index (χ2v) is 13.2. The Morgan fingerprint density at radius 3 is 1.80 bits per heavy atom. The van der Waals surface area contributed by atoms with E-state index in [0.29, 0.717) is 0 Å². The van der Waals surface area contributed by atoms with Crippen molar-refractivity contribution in [1.29, 1.82) is 0 Å². The summed E-state index contributed by atoms with van der Waals surface area (Å²) in [5.41, 5.74) is 0. The molecule has 0 aromatic heterocycles. The molecule has 2 aromatic rings. The summed E-state index contributed by atoms with van der Waals surface area (Å²) in [4.78, 5) is 0. The van der Waals surface area contributed by atoms with Crippen LogP contribution in [0.1, 0.15) is 6.92 Å². The predicted molar refractivity (Wildman–Crippen MR) is 120 cm³/mol. The highest BCUT2D eigenvalue weighted by atomic mass is 32.3. The van der Waals surface area contributed by atoms with E-state index >= 15 is 0 Å². The standard InChI is InChI=1S/C22H28NPS/c1-6-15-20(7-2)24(23-25(4,5)8-3,21-16-11-9-12-17-21)22-18-13-10-14-19-22/h6-7,9-19H,1-2,8H2,3-5H3/b20-15+. The van der Waals surface area contributed by atoms with Gasteiger partial charge in [0.15, 0.2) is 0 Å². The topological polar surface area (TPSA) is 12.4 Å². The highest BCUT2D eigenvalue weighted by molar-refractivity contribution is 8.33. The minimum Gasteiger partial charge on any atom is -0.244 e. The molecule has 132 valence electrons. The van der Waals surface area contributed by atoms with Gasteiger partial charge in [-0.1, -0.05) is 99.0 Å². The Labute approximate surface area is 154 Å². The van der Waals surface area contributed by atoms with Gasteiger partial charge >= 0.3 is 0 Å². The van der Waals surface area contributed by atoms with Crippen molar-refractivity contribution in [2.75, 3.05) is 18.3 Å². The van der Waals surface area contributed by atoms with E-state index in [-0.39, 0.29) is 0 Å². The SMILES string of the molecule is C=C/C=C(\C=C)P(=NS(C)(C)CC)(c1ccccc1)c1ccccc1. The van der Waals surface area contributed by atoms with E-state index in [1.165, 1.54) is 10.6 Å². The molecule has 0 spiro atoms. The largest absolute Gasteiger partial charge is 0.244 e. The fraction of sp³-hybridized carbons (Fsp3) is 0.182. The van der Waals surface area contributed by atoms with E-state index in [0.717, 1.165) is 11.1 Å². The van der Waals surface area contributed by atoms with Crippen molar-refractivity contribution < 1.29 is 0 Å². The van der Waals surface area contributed by atoms with Crippen molar-refractivity contribution in [3.63, 3.8) is 0 Å². The molecule has 3 heteroatoms. The van der Waals surface area contributed by atoms with Crippen molar-refractivity contribution in [1.82, 2.24) is 0 Å². The van der Waals surface area contributed by atoms with Crippen LogP contribution in [-0.2, 0) is 0 Å². The second kappa shape index (κ2) is 8.56. The quantitative estimate of drug-likeness (QED) is 0.413. The first kappa shape index (κ1) is 19.6. The molecule has 2 rings (SSSR count). The molecule has 0 unspecified atom stereocenters. The summed E-state index contributed by atoms with van der Waals surface area (Å²) in [5, 5.41) is 3.69. The lowest BCUT2D eigenvalue weighted by Crippen LogP contribution is -2.18. The van der Waals surface area contributed by atoms with E-state index in [1.54, 1.807) is 0 Å². The summed E-state index contributed by atoms with van der Waals surface area (Å²) in [6.07, 6.45) is 10.5. The van der Waals surface area contributed by atoms with Crippen LogP contribution in [0.5, 0.6) is 0 Å². The molecule has 0 atom stereocenters. The molecular weight excluding hydrogens is 341 g/mol. The predicted octanol–water partition coefficient (Wildman–Crippen LogP) is 6.09. The molecule has 2 aromatic carbocycles. The number of allylic oxidation sites excluding steroid dienone is 4. The zero-order chi connectivity index (χ0) is 18.3. The number of benzene rings is 2. The third-order valence-corrected chi connectivity index (χ3v) is 11.5. The van der Waals surface area contributed by atoms with Gasteiger partial charge in [-0.25, -0.2) is 4.15 Å². The molecule has 1 nitrogen and oxygen atoms in total. The molecular formula is C22H28NPS. The summed E-state index contributed by atoms with van der Waals surface area (Å²) in [6.45, 7) is 10.3. The first-order valence-electron chi connectivity index (χ1n) is 8.41. The van der Waals surface area contributed by atoms with Crippen LogP contribution in [0.4, 0.5) is 0 Å². The Balaban J connectivity index is 3.01. The fourth-order valence-corrected chi connectivity index (χ4v) is 9.63. The zero-order valence-corrected chi connectivity index (χ0v) is 17.1. The molecule has 0 bridgehead atoms. The number of nitrogens with zero attached hydrogens (tertiary/aromatic N) is 1.